The van der Waals surface area contributed by atoms with E-state index in [1.807, 2.05) is 73.3 Å². The molecule has 5 heteroatoms. The summed E-state index contributed by atoms with van der Waals surface area (Å²) >= 11 is 1.63. The molecule has 2 aromatic heterocycles. The van der Waals surface area contributed by atoms with Gasteiger partial charge in [0.1, 0.15) is 17.4 Å². The number of rotatable bonds is 6. The molecule has 1 aromatic carbocycles. The van der Waals surface area contributed by atoms with E-state index >= 15 is 0 Å². The summed E-state index contributed by atoms with van der Waals surface area (Å²) in [6, 6.07) is 13.5. The van der Waals surface area contributed by atoms with Crippen LogP contribution in [0.25, 0.3) is 5.00 Å². The molecule has 3 rings (SSSR count). The van der Waals surface area contributed by atoms with E-state index in [-0.39, 0.29) is 5.91 Å². The van der Waals surface area contributed by atoms with Crippen molar-refractivity contribution in [3.8, 4) is 10.8 Å². The number of aromatic nitrogens is 1. The first-order valence-electron chi connectivity index (χ1n) is 7.86. The molecule has 1 amide bonds. The van der Waals surface area contributed by atoms with Crippen molar-refractivity contribution in [1.29, 1.82) is 0 Å². The molecule has 4 nitrogen and oxygen atoms in total. The number of hydrogen-bond acceptors (Lipinski definition) is 3. The molecular formula is C19H20N2O2S. The molecule has 0 saturated heterocycles. The molecule has 3 aromatic rings. The van der Waals surface area contributed by atoms with E-state index in [1.165, 1.54) is 0 Å². The maximum absolute atomic E-state index is 12.6. The predicted molar refractivity (Wildman–Crippen MR) is 97.4 cm³/mol. The van der Waals surface area contributed by atoms with Crippen LogP contribution in [0.4, 0.5) is 0 Å². The second-order valence-corrected chi connectivity index (χ2v) is 6.67. The Hall–Kier alpha value is -2.53. The quantitative estimate of drug-likeness (QED) is 0.690. The Kier molecular flexibility index (Phi) is 5.01. The van der Waals surface area contributed by atoms with Crippen molar-refractivity contribution in [3.05, 3.63) is 70.9 Å². The molecule has 0 aliphatic rings. The van der Waals surface area contributed by atoms with Gasteiger partial charge in [0.15, 0.2) is 0 Å². The number of para-hydroxylation sites is 1. The zero-order chi connectivity index (χ0) is 16.9. The SMILES string of the molecule is Cc1sc(-n2cccc2)c(C(=O)NCCOc2ccccc2)c1C. The topological polar surface area (TPSA) is 43.3 Å². The van der Waals surface area contributed by atoms with E-state index in [0.717, 1.165) is 26.8 Å². The Bertz CT molecular complexity index is 808. The molecule has 0 saturated carbocycles. The molecule has 0 fully saturated rings. The Labute approximate surface area is 145 Å². The molecule has 124 valence electrons. The minimum Gasteiger partial charge on any atom is -0.492 e. The van der Waals surface area contributed by atoms with Gasteiger partial charge in [-0.15, -0.1) is 11.3 Å². The van der Waals surface area contributed by atoms with Crippen LogP contribution in [0, 0.1) is 13.8 Å². The first-order valence-corrected chi connectivity index (χ1v) is 8.68. The largest absolute Gasteiger partial charge is 0.492 e. The Balaban J connectivity index is 1.65. The summed E-state index contributed by atoms with van der Waals surface area (Å²) in [6.07, 6.45) is 3.92. The van der Waals surface area contributed by atoms with Gasteiger partial charge in [0, 0.05) is 17.3 Å². The third-order valence-corrected chi connectivity index (χ3v) is 5.05. The lowest BCUT2D eigenvalue weighted by Gasteiger charge is -2.09. The van der Waals surface area contributed by atoms with Gasteiger partial charge in [-0.05, 0) is 43.7 Å². The number of carbonyl (C=O) groups is 1. The first-order chi connectivity index (χ1) is 11.7. The van der Waals surface area contributed by atoms with E-state index in [1.54, 1.807) is 11.3 Å². The summed E-state index contributed by atoms with van der Waals surface area (Å²) in [6.45, 7) is 4.94. The maximum atomic E-state index is 12.6. The zero-order valence-electron chi connectivity index (χ0n) is 13.8. The maximum Gasteiger partial charge on any atom is 0.254 e. The summed E-state index contributed by atoms with van der Waals surface area (Å²) in [7, 11) is 0. The lowest BCUT2D eigenvalue weighted by Crippen LogP contribution is -2.29. The Morgan fingerprint density at radius 1 is 1.12 bits per heavy atom. The fourth-order valence-electron chi connectivity index (χ4n) is 2.47. The summed E-state index contributed by atoms with van der Waals surface area (Å²) in [5, 5.41) is 3.91. The van der Waals surface area contributed by atoms with E-state index in [9.17, 15) is 4.79 Å². The summed E-state index contributed by atoms with van der Waals surface area (Å²) in [5.41, 5.74) is 1.78. The third kappa shape index (κ3) is 3.51. The van der Waals surface area contributed by atoms with Crippen molar-refractivity contribution in [2.45, 2.75) is 13.8 Å². The van der Waals surface area contributed by atoms with E-state index in [4.69, 9.17) is 4.74 Å². The molecule has 0 aliphatic heterocycles. The molecule has 1 N–H and O–H groups in total. The van der Waals surface area contributed by atoms with Crippen molar-refractivity contribution in [1.82, 2.24) is 9.88 Å². The molecule has 0 radical (unpaired) electrons. The van der Waals surface area contributed by atoms with Crippen LogP contribution in [-0.2, 0) is 0 Å². The highest BCUT2D eigenvalue weighted by Gasteiger charge is 2.20. The monoisotopic (exact) mass is 340 g/mol. The number of ether oxygens (including phenoxy) is 1. The summed E-state index contributed by atoms with van der Waals surface area (Å²) < 4.78 is 7.60. The van der Waals surface area contributed by atoms with E-state index in [2.05, 4.69) is 5.32 Å². The molecular weight excluding hydrogens is 320 g/mol. The van der Waals surface area contributed by atoms with Crippen molar-refractivity contribution >= 4 is 17.2 Å². The van der Waals surface area contributed by atoms with E-state index in [0.29, 0.717) is 13.2 Å². The van der Waals surface area contributed by atoms with Gasteiger partial charge in [-0.25, -0.2) is 0 Å². The standard InChI is InChI=1S/C19H20N2O2S/c1-14-15(2)24-19(21-11-6-7-12-21)17(14)18(22)20-10-13-23-16-8-4-3-5-9-16/h3-9,11-12H,10,13H2,1-2H3,(H,20,22). The minimum atomic E-state index is -0.0581. The molecule has 0 unspecified atom stereocenters. The van der Waals surface area contributed by atoms with Gasteiger partial charge in [0.05, 0.1) is 12.1 Å². The third-order valence-electron chi connectivity index (χ3n) is 3.83. The fraction of sp³-hybridized carbons (Fsp3) is 0.211. The average molecular weight is 340 g/mol. The van der Waals surface area contributed by atoms with Gasteiger partial charge >= 0.3 is 0 Å². The molecule has 0 bridgehead atoms. The minimum absolute atomic E-state index is 0.0581. The van der Waals surface area contributed by atoms with Crippen molar-refractivity contribution in [2.24, 2.45) is 0 Å². The molecule has 0 spiro atoms. The Morgan fingerprint density at radius 2 is 1.83 bits per heavy atom. The lowest BCUT2D eigenvalue weighted by molar-refractivity contribution is 0.0947. The average Bonchev–Trinajstić information content (AvgIpc) is 3.21. The smallest absolute Gasteiger partial charge is 0.254 e. The van der Waals surface area contributed by atoms with Gasteiger partial charge in [-0.3, -0.25) is 4.79 Å². The van der Waals surface area contributed by atoms with Crippen LogP contribution in [-0.4, -0.2) is 23.6 Å². The highest BCUT2D eigenvalue weighted by molar-refractivity contribution is 7.15. The highest BCUT2D eigenvalue weighted by Crippen LogP contribution is 2.30. The second kappa shape index (κ2) is 7.36. The number of carbonyl (C=O) groups excluding carboxylic acids is 1. The molecule has 0 aliphatic carbocycles. The zero-order valence-corrected chi connectivity index (χ0v) is 14.6. The van der Waals surface area contributed by atoms with Gasteiger partial charge in [0.2, 0.25) is 0 Å². The lowest BCUT2D eigenvalue weighted by atomic mass is 10.1. The van der Waals surface area contributed by atoms with Crippen molar-refractivity contribution in [2.75, 3.05) is 13.2 Å². The molecule has 0 atom stereocenters. The van der Waals surface area contributed by atoms with Crippen LogP contribution >= 0.6 is 11.3 Å². The van der Waals surface area contributed by atoms with Crippen molar-refractivity contribution in [3.63, 3.8) is 0 Å². The number of nitrogens with zero attached hydrogens (tertiary/aromatic N) is 1. The van der Waals surface area contributed by atoms with Gasteiger partial charge < -0.3 is 14.6 Å². The molecule has 2 heterocycles. The van der Waals surface area contributed by atoms with Crippen LogP contribution in [0.15, 0.2) is 54.9 Å². The Morgan fingerprint density at radius 3 is 2.54 bits per heavy atom. The van der Waals surface area contributed by atoms with E-state index < -0.39 is 0 Å². The number of aryl methyl sites for hydroxylation is 1. The number of hydrogen-bond donors (Lipinski definition) is 1. The van der Waals surface area contributed by atoms with Crippen molar-refractivity contribution < 1.29 is 9.53 Å². The number of nitrogens with one attached hydrogen (secondary N) is 1. The van der Waals surface area contributed by atoms with Gasteiger partial charge in [-0.2, -0.15) is 0 Å². The number of amides is 1. The van der Waals surface area contributed by atoms with Crippen LogP contribution in [0.1, 0.15) is 20.8 Å². The van der Waals surface area contributed by atoms with Crippen LogP contribution < -0.4 is 10.1 Å². The number of benzene rings is 1. The summed E-state index contributed by atoms with van der Waals surface area (Å²) in [5.74, 6) is 0.750. The first kappa shape index (κ1) is 16.3. The second-order valence-electron chi connectivity index (χ2n) is 5.47. The normalized spacial score (nSPS) is 10.6. The highest BCUT2D eigenvalue weighted by atomic mass is 32.1. The summed E-state index contributed by atoms with van der Waals surface area (Å²) in [4.78, 5) is 13.8. The fourth-order valence-corrected chi connectivity index (χ4v) is 3.59. The van der Waals surface area contributed by atoms with Gasteiger partial charge in [-0.1, -0.05) is 18.2 Å². The molecule has 24 heavy (non-hydrogen) atoms. The number of thiophene rings is 1. The van der Waals surface area contributed by atoms with Gasteiger partial charge in [0.25, 0.3) is 5.91 Å². The van der Waals surface area contributed by atoms with Crippen LogP contribution in [0.2, 0.25) is 0 Å². The van der Waals surface area contributed by atoms with Crippen LogP contribution in [0.3, 0.4) is 0 Å². The van der Waals surface area contributed by atoms with Crippen LogP contribution in [0.5, 0.6) is 5.75 Å². The predicted octanol–water partition coefficient (Wildman–Crippen LogP) is 3.96.